The summed E-state index contributed by atoms with van der Waals surface area (Å²) in [5, 5.41) is 6.57. The van der Waals surface area contributed by atoms with Crippen molar-refractivity contribution in [1.82, 2.24) is 9.97 Å². The van der Waals surface area contributed by atoms with E-state index in [-0.39, 0.29) is 0 Å². The number of methoxy groups -OCH3 is 3. The first-order valence-corrected chi connectivity index (χ1v) is 9.37. The summed E-state index contributed by atoms with van der Waals surface area (Å²) in [7, 11) is 4.94. The van der Waals surface area contributed by atoms with E-state index in [1.54, 1.807) is 27.5 Å². The average Bonchev–Trinajstić information content (AvgIpc) is 2.78. The van der Waals surface area contributed by atoms with Crippen LogP contribution in [0, 0.1) is 0 Å². The molecule has 152 valence electrons. The molecular formula is C22H26N4O3. The smallest absolute Gasteiger partial charge is 0.224 e. The zero-order chi connectivity index (χ0) is 20.5. The molecule has 0 aliphatic heterocycles. The van der Waals surface area contributed by atoms with Gasteiger partial charge in [-0.25, -0.2) is 4.98 Å². The van der Waals surface area contributed by atoms with Crippen LogP contribution < -0.4 is 24.8 Å². The summed E-state index contributed by atoms with van der Waals surface area (Å²) in [6.45, 7) is 1.32. The summed E-state index contributed by atoms with van der Waals surface area (Å²) in [5.74, 6) is 3.63. The predicted molar refractivity (Wildman–Crippen MR) is 114 cm³/mol. The first-order chi connectivity index (χ1) is 14.2. The standard InChI is InChI=1S/C22H26N4O3/c1-27-18-7-5-4-6-17(18)15-25-21-11-13-24-22(26-21)23-12-10-16-8-9-19(28-2)20(14-16)29-3/h4-9,11,13-14H,10,12,15H2,1-3H3,(H2,23,24,25,26). The predicted octanol–water partition coefficient (Wildman–Crippen LogP) is 3.77. The van der Waals surface area contributed by atoms with Gasteiger partial charge in [-0.15, -0.1) is 0 Å². The normalized spacial score (nSPS) is 10.3. The number of para-hydroxylation sites is 1. The van der Waals surface area contributed by atoms with Crippen molar-refractivity contribution in [2.45, 2.75) is 13.0 Å². The minimum absolute atomic E-state index is 0.579. The van der Waals surface area contributed by atoms with Crippen LogP contribution in [-0.2, 0) is 13.0 Å². The molecule has 0 atom stereocenters. The van der Waals surface area contributed by atoms with Crippen molar-refractivity contribution in [1.29, 1.82) is 0 Å². The molecule has 7 nitrogen and oxygen atoms in total. The van der Waals surface area contributed by atoms with Crippen LogP contribution in [-0.4, -0.2) is 37.8 Å². The van der Waals surface area contributed by atoms with Crippen LogP contribution in [0.2, 0.25) is 0 Å². The van der Waals surface area contributed by atoms with Gasteiger partial charge in [-0.2, -0.15) is 4.98 Å². The van der Waals surface area contributed by atoms with Gasteiger partial charge in [0.1, 0.15) is 11.6 Å². The van der Waals surface area contributed by atoms with E-state index in [1.165, 1.54) is 0 Å². The third-order valence-electron chi connectivity index (χ3n) is 4.45. The zero-order valence-electron chi connectivity index (χ0n) is 16.9. The topological polar surface area (TPSA) is 77.5 Å². The number of hydrogen-bond acceptors (Lipinski definition) is 7. The van der Waals surface area contributed by atoms with E-state index >= 15 is 0 Å². The minimum atomic E-state index is 0.579. The van der Waals surface area contributed by atoms with E-state index in [2.05, 4.69) is 20.6 Å². The summed E-state index contributed by atoms with van der Waals surface area (Å²) < 4.78 is 16.0. The molecule has 7 heteroatoms. The van der Waals surface area contributed by atoms with Crippen molar-refractivity contribution >= 4 is 11.8 Å². The monoisotopic (exact) mass is 394 g/mol. The highest BCUT2D eigenvalue weighted by Gasteiger charge is 2.06. The van der Waals surface area contributed by atoms with E-state index in [9.17, 15) is 0 Å². The van der Waals surface area contributed by atoms with Crippen LogP contribution in [0.4, 0.5) is 11.8 Å². The van der Waals surface area contributed by atoms with E-state index in [0.29, 0.717) is 19.0 Å². The van der Waals surface area contributed by atoms with Gasteiger partial charge >= 0.3 is 0 Å². The highest BCUT2D eigenvalue weighted by Crippen LogP contribution is 2.27. The molecule has 0 aliphatic carbocycles. The molecule has 0 saturated carbocycles. The fourth-order valence-corrected chi connectivity index (χ4v) is 2.93. The summed E-state index contributed by atoms with van der Waals surface area (Å²) in [6, 6.07) is 15.7. The molecule has 0 fully saturated rings. The molecule has 3 rings (SSSR count). The molecule has 1 heterocycles. The van der Waals surface area contributed by atoms with Crippen LogP contribution >= 0.6 is 0 Å². The Kier molecular flexibility index (Phi) is 7.10. The summed E-state index contributed by atoms with van der Waals surface area (Å²) in [6.07, 6.45) is 2.54. The van der Waals surface area contributed by atoms with Gasteiger partial charge in [-0.1, -0.05) is 24.3 Å². The minimum Gasteiger partial charge on any atom is -0.496 e. The van der Waals surface area contributed by atoms with Crippen LogP contribution in [0.1, 0.15) is 11.1 Å². The number of anilines is 2. The second-order valence-corrected chi connectivity index (χ2v) is 6.30. The maximum absolute atomic E-state index is 5.38. The van der Waals surface area contributed by atoms with Gasteiger partial charge in [-0.05, 0) is 36.2 Å². The number of hydrogen-bond donors (Lipinski definition) is 2. The molecule has 3 aromatic rings. The first-order valence-electron chi connectivity index (χ1n) is 9.37. The third-order valence-corrected chi connectivity index (χ3v) is 4.45. The molecule has 0 unspecified atom stereocenters. The largest absolute Gasteiger partial charge is 0.496 e. The summed E-state index contributed by atoms with van der Waals surface area (Å²) >= 11 is 0. The van der Waals surface area contributed by atoms with Crippen LogP contribution in [0.15, 0.2) is 54.7 Å². The van der Waals surface area contributed by atoms with Gasteiger partial charge in [0.2, 0.25) is 5.95 Å². The van der Waals surface area contributed by atoms with Crippen molar-refractivity contribution < 1.29 is 14.2 Å². The van der Waals surface area contributed by atoms with E-state index in [0.717, 1.165) is 40.6 Å². The Morgan fingerprint density at radius 1 is 0.828 bits per heavy atom. The quantitative estimate of drug-likeness (QED) is 0.542. The number of rotatable bonds is 10. The molecule has 0 amide bonds. The molecule has 29 heavy (non-hydrogen) atoms. The molecular weight excluding hydrogens is 368 g/mol. The Morgan fingerprint density at radius 2 is 1.62 bits per heavy atom. The van der Waals surface area contributed by atoms with Crippen molar-refractivity contribution in [3.63, 3.8) is 0 Å². The van der Waals surface area contributed by atoms with Gasteiger partial charge < -0.3 is 24.8 Å². The molecule has 1 aromatic heterocycles. The molecule has 0 saturated heterocycles. The van der Waals surface area contributed by atoms with Gasteiger partial charge in [0.15, 0.2) is 11.5 Å². The van der Waals surface area contributed by atoms with Crippen molar-refractivity contribution in [3.8, 4) is 17.2 Å². The lowest BCUT2D eigenvalue weighted by Gasteiger charge is -2.11. The van der Waals surface area contributed by atoms with Crippen molar-refractivity contribution in [2.75, 3.05) is 38.5 Å². The third kappa shape index (κ3) is 5.51. The van der Waals surface area contributed by atoms with Gasteiger partial charge in [0, 0.05) is 24.8 Å². The number of nitrogens with zero attached hydrogens (tertiary/aromatic N) is 2. The maximum atomic E-state index is 5.38. The molecule has 2 aromatic carbocycles. The number of ether oxygens (including phenoxy) is 3. The Balaban J connectivity index is 1.55. The van der Waals surface area contributed by atoms with Crippen LogP contribution in [0.25, 0.3) is 0 Å². The Hall–Kier alpha value is -3.48. The second-order valence-electron chi connectivity index (χ2n) is 6.30. The second kappa shape index (κ2) is 10.2. The Labute approximate surface area is 171 Å². The Morgan fingerprint density at radius 3 is 2.41 bits per heavy atom. The fourth-order valence-electron chi connectivity index (χ4n) is 2.93. The van der Waals surface area contributed by atoms with Crippen LogP contribution in [0.5, 0.6) is 17.2 Å². The molecule has 0 spiro atoms. The fraction of sp³-hybridized carbons (Fsp3) is 0.273. The van der Waals surface area contributed by atoms with Crippen molar-refractivity contribution in [3.05, 3.63) is 65.9 Å². The van der Waals surface area contributed by atoms with Crippen molar-refractivity contribution in [2.24, 2.45) is 0 Å². The SMILES string of the molecule is COc1ccccc1CNc1ccnc(NCCc2ccc(OC)c(OC)c2)n1. The highest BCUT2D eigenvalue weighted by atomic mass is 16.5. The zero-order valence-corrected chi connectivity index (χ0v) is 16.9. The Bertz CT molecular complexity index is 933. The number of nitrogens with one attached hydrogen (secondary N) is 2. The van der Waals surface area contributed by atoms with E-state index < -0.39 is 0 Å². The molecule has 2 N–H and O–H groups in total. The first kappa shape index (κ1) is 20.3. The van der Waals surface area contributed by atoms with Gasteiger partial charge in [0.05, 0.1) is 21.3 Å². The van der Waals surface area contributed by atoms with E-state index in [1.807, 2.05) is 48.5 Å². The summed E-state index contributed by atoms with van der Waals surface area (Å²) in [4.78, 5) is 8.81. The molecule has 0 radical (unpaired) electrons. The van der Waals surface area contributed by atoms with Gasteiger partial charge in [-0.3, -0.25) is 0 Å². The number of benzene rings is 2. The molecule has 0 bridgehead atoms. The average molecular weight is 394 g/mol. The maximum Gasteiger partial charge on any atom is 0.224 e. The molecule has 0 aliphatic rings. The number of aromatic nitrogens is 2. The lowest BCUT2D eigenvalue weighted by Crippen LogP contribution is -2.10. The van der Waals surface area contributed by atoms with E-state index in [4.69, 9.17) is 14.2 Å². The lowest BCUT2D eigenvalue weighted by molar-refractivity contribution is 0.354. The van der Waals surface area contributed by atoms with Crippen LogP contribution in [0.3, 0.4) is 0 Å². The lowest BCUT2D eigenvalue weighted by atomic mass is 10.1. The van der Waals surface area contributed by atoms with Gasteiger partial charge in [0.25, 0.3) is 0 Å². The summed E-state index contributed by atoms with van der Waals surface area (Å²) in [5.41, 5.74) is 2.21. The highest BCUT2D eigenvalue weighted by molar-refractivity contribution is 5.44.